The molecule has 130 valence electrons. The third-order valence-corrected chi connectivity index (χ3v) is 4.16. The number of ether oxygens (including phenoxy) is 1. The summed E-state index contributed by atoms with van der Waals surface area (Å²) in [5, 5.41) is 2.80. The minimum atomic E-state index is -0.500. The van der Waals surface area contributed by atoms with Gasteiger partial charge in [0, 0.05) is 13.1 Å². The molecule has 0 radical (unpaired) electrons. The van der Waals surface area contributed by atoms with Gasteiger partial charge in [-0.15, -0.1) is 0 Å². The minimum Gasteiger partial charge on any atom is -0.456 e. The molecule has 1 saturated heterocycles. The van der Waals surface area contributed by atoms with Crippen LogP contribution in [-0.2, 0) is 4.79 Å². The van der Waals surface area contributed by atoms with Gasteiger partial charge in [0.15, 0.2) is 0 Å². The van der Waals surface area contributed by atoms with Crippen molar-refractivity contribution in [2.75, 3.05) is 13.1 Å². The van der Waals surface area contributed by atoms with Crippen LogP contribution in [0.1, 0.15) is 29.4 Å². The molecule has 25 heavy (non-hydrogen) atoms. The van der Waals surface area contributed by atoms with E-state index in [9.17, 15) is 9.59 Å². The molecule has 1 aromatic carbocycles. The standard InChI is InChI=1S/C19H21N3O3/c1-13-5-3-6-15(11-13)25-16-7-8-17(21-12-16)19(24)22-10-4-9-20-18(23)14(22)2/h3,5-8,11-12,14H,4,9-10H2,1-2H3,(H,20,23)/t14-/m0/s1. The van der Waals surface area contributed by atoms with E-state index in [4.69, 9.17) is 4.74 Å². The topological polar surface area (TPSA) is 71.5 Å². The van der Waals surface area contributed by atoms with Crippen LogP contribution in [0.3, 0.4) is 0 Å². The largest absolute Gasteiger partial charge is 0.456 e. The van der Waals surface area contributed by atoms with Crippen LogP contribution in [0.5, 0.6) is 11.5 Å². The molecular formula is C19H21N3O3. The van der Waals surface area contributed by atoms with E-state index in [1.807, 2.05) is 31.2 Å². The molecular weight excluding hydrogens is 318 g/mol. The molecule has 6 heteroatoms. The number of aromatic nitrogens is 1. The number of amides is 2. The van der Waals surface area contributed by atoms with E-state index in [-0.39, 0.29) is 11.8 Å². The van der Waals surface area contributed by atoms with E-state index in [0.717, 1.165) is 17.7 Å². The lowest BCUT2D eigenvalue weighted by molar-refractivity contribution is -0.124. The molecule has 1 N–H and O–H groups in total. The summed E-state index contributed by atoms with van der Waals surface area (Å²) in [5.41, 5.74) is 1.41. The Hall–Kier alpha value is -2.89. The molecule has 3 rings (SSSR count). The summed E-state index contributed by atoms with van der Waals surface area (Å²) in [4.78, 5) is 30.3. The fourth-order valence-electron chi connectivity index (χ4n) is 2.75. The number of nitrogens with one attached hydrogen (secondary N) is 1. The third kappa shape index (κ3) is 3.96. The zero-order chi connectivity index (χ0) is 17.8. The number of hydrogen-bond acceptors (Lipinski definition) is 4. The van der Waals surface area contributed by atoms with Crippen molar-refractivity contribution in [3.8, 4) is 11.5 Å². The average Bonchev–Trinajstić information content (AvgIpc) is 2.77. The van der Waals surface area contributed by atoms with Crippen molar-refractivity contribution in [2.45, 2.75) is 26.3 Å². The van der Waals surface area contributed by atoms with Gasteiger partial charge in [-0.05, 0) is 50.1 Å². The number of nitrogens with zero attached hydrogens (tertiary/aromatic N) is 2. The third-order valence-electron chi connectivity index (χ3n) is 4.16. The fraction of sp³-hybridized carbons (Fsp3) is 0.316. The summed E-state index contributed by atoms with van der Waals surface area (Å²) in [6.07, 6.45) is 2.26. The lowest BCUT2D eigenvalue weighted by atomic mass is 10.2. The van der Waals surface area contributed by atoms with Crippen molar-refractivity contribution < 1.29 is 14.3 Å². The molecule has 1 aliphatic heterocycles. The Morgan fingerprint density at radius 2 is 2.12 bits per heavy atom. The Balaban J connectivity index is 1.73. The summed E-state index contributed by atoms with van der Waals surface area (Å²) in [7, 11) is 0. The van der Waals surface area contributed by atoms with Gasteiger partial charge in [0.2, 0.25) is 5.91 Å². The average molecular weight is 339 g/mol. The van der Waals surface area contributed by atoms with E-state index >= 15 is 0 Å². The van der Waals surface area contributed by atoms with Crippen LogP contribution in [0.15, 0.2) is 42.6 Å². The van der Waals surface area contributed by atoms with Gasteiger partial charge in [-0.1, -0.05) is 12.1 Å². The zero-order valence-electron chi connectivity index (χ0n) is 14.4. The normalized spacial score (nSPS) is 17.6. The van der Waals surface area contributed by atoms with E-state index in [1.165, 1.54) is 6.20 Å². The van der Waals surface area contributed by atoms with Gasteiger partial charge in [-0.3, -0.25) is 9.59 Å². The zero-order valence-corrected chi connectivity index (χ0v) is 14.4. The second-order valence-corrected chi connectivity index (χ2v) is 6.12. The van der Waals surface area contributed by atoms with Crippen LogP contribution in [0.4, 0.5) is 0 Å². The predicted molar refractivity (Wildman–Crippen MR) is 93.6 cm³/mol. The van der Waals surface area contributed by atoms with Crippen LogP contribution >= 0.6 is 0 Å². The van der Waals surface area contributed by atoms with E-state index in [0.29, 0.717) is 24.5 Å². The maximum atomic E-state index is 12.7. The molecule has 0 unspecified atom stereocenters. The Morgan fingerprint density at radius 3 is 2.84 bits per heavy atom. The molecule has 0 aliphatic carbocycles. The molecule has 2 amide bonds. The molecule has 1 aromatic heterocycles. The Morgan fingerprint density at radius 1 is 1.28 bits per heavy atom. The van der Waals surface area contributed by atoms with Crippen LogP contribution in [0.25, 0.3) is 0 Å². The maximum Gasteiger partial charge on any atom is 0.273 e. The van der Waals surface area contributed by atoms with Gasteiger partial charge in [-0.25, -0.2) is 4.98 Å². The molecule has 1 atom stereocenters. The number of rotatable bonds is 3. The van der Waals surface area contributed by atoms with E-state index in [1.54, 1.807) is 24.0 Å². The molecule has 2 aromatic rings. The smallest absolute Gasteiger partial charge is 0.273 e. The quantitative estimate of drug-likeness (QED) is 0.933. The number of carbonyl (C=O) groups excluding carboxylic acids is 2. The van der Waals surface area contributed by atoms with Crippen molar-refractivity contribution in [3.05, 3.63) is 53.9 Å². The first-order valence-electron chi connectivity index (χ1n) is 8.34. The number of benzene rings is 1. The molecule has 1 aliphatic rings. The van der Waals surface area contributed by atoms with Crippen molar-refractivity contribution in [3.63, 3.8) is 0 Å². The van der Waals surface area contributed by atoms with Crippen LogP contribution in [0, 0.1) is 6.92 Å². The second kappa shape index (κ2) is 7.34. The number of aryl methyl sites for hydroxylation is 1. The summed E-state index contributed by atoms with van der Waals surface area (Å²) in [5.74, 6) is 0.902. The van der Waals surface area contributed by atoms with Gasteiger partial charge in [0.25, 0.3) is 5.91 Å². The molecule has 1 fully saturated rings. The van der Waals surface area contributed by atoms with Crippen LogP contribution < -0.4 is 10.1 Å². The number of carbonyl (C=O) groups is 2. The summed E-state index contributed by atoms with van der Waals surface area (Å²) >= 11 is 0. The van der Waals surface area contributed by atoms with Crippen molar-refractivity contribution in [1.82, 2.24) is 15.2 Å². The van der Waals surface area contributed by atoms with Crippen molar-refractivity contribution >= 4 is 11.8 Å². The molecule has 6 nitrogen and oxygen atoms in total. The Labute approximate surface area is 146 Å². The molecule has 2 heterocycles. The summed E-state index contributed by atoms with van der Waals surface area (Å²) in [6.45, 7) is 4.84. The summed E-state index contributed by atoms with van der Waals surface area (Å²) < 4.78 is 5.75. The number of hydrogen-bond donors (Lipinski definition) is 1. The Kier molecular flexibility index (Phi) is 4.97. The minimum absolute atomic E-state index is 0.134. The second-order valence-electron chi connectivity index (χ2n) is 6.12. The SMILES string of the molecule is Cc1cccc(Oc2ccc(C(=O)N3CCCNC(=O)[C@@H]3C)nc2)c1. The van der Waals surface area contributed by atoms with Crippen molar-refractivity contribution in [2.24, 2.45) is 0 Å². The first kappa shape index (κ1) is 17.0. The van der Waals surface area contributed by atoms with E-state index < -0.39 is 6.04 Å². The summed E-state index contributed by atoms with van der Waals surface area (Å²) in [6, 6.07) is 10.5. The highest BCUT2D eigenvalue weighted by Crippen LogP contribution is 2.22. The van der Waals surface area contributed by atoms with Crippen LogP contribution in [-0.4, -0.2) is 40.8 Å². The molecule has 0 bridgehead atoms. The number of pyridine rings is 1. The first-order valence-corrected chi connectivity index (χ1v) is 8.34. The molecule has 0 spiro atoms. The predicted octanol–water partition coefficient (Wildman–Crippen LogP) is 2.53. The monoisotopic (exact) mass is 339 g/mol. The van der Waals surface area contributed by atoms with Crippen LogP contribution in [0.2, 0.25) is 0 Å². The van der Waals surface area contributed by atoms with Gasteiger partial charge in [0.05, 0.1) is 6.20 Å². The highest BCUT2D eigenvalue weighted by Gasteiger charge is 2.29. The lowest BCUT2D eigenvalue weighted by Crippen LogP contribution is -2.45. The van der Waals surface area contributed by atoms with Crippen molar-refractivity contribution in [1.29, 1.82) is 0 Å². The highest BCUT2D eigenvalue weighted by atomic mass is 16.5. The highest BCUT2D eigenvalue weighted by molar-refractivity contribution is 5.96. The van der Waals surface area contributed by atoms with E-state index in [2.05, 4.69) is 10.3 Å². The van der Waals surface area contributed by atoms with Gasteiger partial charge >= 0.3 is 0 Å². The van der Waals surface area contributed by atoms with Gasteiger partial charge < -0.3 is 15.0 Å². The lowest BCUT2D eigenvalue weighted by Gasteiger charge is -2.25. The fourth-order valence-corrected chi connectivity index (χ4v) is 2.75. The maximum absolute atomic E-state index is 12.7. The van der Waals surface area contributed by atoms with Gasteiger partial charge in [-0.2, -0.15) is 0 Å². The first-order chi connectivity index (χ1) is 12.0. The van der Waals surface area contributed by atoms with Gasteiger partial charge in [0.1, 0.15) is 23.2 Å². The Bertz CT molecular complexity index is 774. The molecule has 0 saturated carbocycles.